The molecule has 0 aliphatic heterocycles. The van der Waals surface area contributed by atoms with Gasteiger partial charge in [-0.1, -0.05) is 49.4 Å². The number of aliphatic carboxylic acids is 1. The topological polar surface area (TPSA) is 85.3 Å². The first-order chi connectivity index (χ1) is 16.4. The highest BCUT2D eigenvalue weighted by Gasteiger charge is 2.19. The largest absolute Gasteiger partial charge is 0.492 e. The van der Waals surface area contributed by atoms with Gasteiger partial charge in [0.25, 0.3) is 0 Å². The average Bonchev–Trinajstić information content (AvgIpc) is 2.84. The summed E-state index contributed by atoms with van der Waals surface area (Å²) in [6.07, 6.45) is 1.45. The van der Waals surface area contributed by atoms with Crippen molar-refractivity contribution in [3.8, 4) is 5.75 Å². The third-order valence-electron chi connectivity index (χ3n) is 5.49. The smallest absolute Gasteiger partial charge is 0.410 e. The van der Waals surface area contributed by atoms with E-state index in [0.717, 1.165) is 24.8 Å². The molecule has 7 heteroatoms. The van der Waals surface area contributed by atoms with E-state index in [1.807, 2.05) is 44.2 Å². The summed E-state index contributed by atoms with van der Waals surface area (Å²) in [7, 11) is 0. The third kappa shape index (κ3) is 9.83. The second kappa shape index (κ2) is 15.0. The van der Waals surface area contributed by atoms with E-state index in [2.05, 4.69) is 12.1 Å². The van der Waals surface area contributed by atoms with Gasteiger partial charge in [0, 0.05) is 19.6 Å². The van der Waals surface area contributed by atoms with E-state index in [-0.39, 0.29) is 12.2 Å². The lowest BCUT2D eigenvalue weighted by atomic mass is 10.1. The van der Waals surface area contributed by atoms with Gasteiger partial charge in [0.05, 0.1) is 6.54 Å². The molecule has 0 saturated carbocycles. The van der Waals surface area contributed by atoms with E-state index >= 15 is 0 Å². The molecule has 0 aliphatic rings. The zero-order valence-corrected chi connectivity index (χ0v) is 20.4. The van der Waals surface area contributed by atoms with Gasteiger partial charge in [-0.05, 0) is 56.4 Å². The fourth-order valence-electron chi connectivity index (χ4n) is 3.37. The molecule has 2 aromatic rings. The summed E-state index contributed by atoms with van der Waals surface area (Å²) >= 11 is 0. The lowest BCUT2D eigenvalue weighted by Crippen LogP contribution is -2.37. The summed E-state index contributed by atoms with van der Waals surface area (Å²) in [5.41, 5.74) is 2.09. The number of aryl methyl sites for hydroxylation is 1. The van der Waals surface area contributed by atoms with Crippen LogP contribution in [0.3, 0.4) is 0 Å². The first-order valence-electron chi connectivity index (χ1n) is 12.0. The van der Waals surface area contributed by atoms with Crippen LogP contribution in [-0.4, -0.2) is 60.6 Å². The van der Waals surface area contributed by atoms with E-state index < -0.39 is 12.1 Å². The van der Waals surface area contributed by atoms with Gasteiger partial charge >= 0.3 is 12.1 Å². The highest BCUT2D eigenvalue weighted by atomic mass is 16.6. The van der Waals surface area contributed by atoms with Crippen molar-refractivity contribution in [2.24, 2.45) is 0 Å². The fraction of sp³-hybridized carbons (Fsp3) is 0.481. The number of hydrogen-bond acceptors (Lipinski definition) is 5. The number of rotatable bonds is 15. The molecule has 0 spiro atoms. The molecule has 0 fully saturated rings. The number of benzene rings is 2. The molecule has 0 aliphatic carbocycles. The molecule has 0 saturated heterocycles. The Bertz CT molecular complexity index is 855. The number of amides is 1. The molecule has 1 amide bonds. The van der Waals surface area contributed by atoms with Gasteiger partial charge in [-0.2, -0.15) is 0 Å². The summed E-state index contributed by atoms with van der Waals surface area (Å²) in [4.78, 5) is 25.6. The Hall–Kier alpha value is -3.06. The van der Waals surface area contributed by atoms with Gasteiger partial charge in [-0.3, -0.25) is 0 Å². The molecular weight excluding hydrogens is 434 g/mol. The summed E-state index contributed by atoms with van der Waals surface area (Å²) in [6, 6.07) is 17.5. The standard InChI is InChI=1S/C27H37NO6/c1-4-21(3)34-27(31)28(17-9-12-22-10-7-6-8-11-22)18-19-33-24-15-13-23(14-16-24)20-25(26(29)30)32-5-2/h6-8,10-11,13-16,21,25H,4-5,9,12,17-20H2,1-3H3,(H,29,30). The molecule has 186 valence electrons. The van der Waals surface area contributed by atoms with Crippen LogP contribution < -0.4 is 4.74 Å². The van der Waals surface area contributed by atoms with Crippen LogP contribution in [0.2, 0.25) is 0 Å². The molecule has 2 aromatic carbocycles. The first kappa shape index (κ1) is 27.2. The van der Waals surface area contributed by atoms with Gasteiger partial charge in [0.2, 0.25) is 0 Å². The number of nitrogens with zero attached hydrogens (tertiary/aromatic N) is 1. The minimum atomic E-state index is -0.973. The van der Waals surface area contributed by atoms with Gasteiger partial charge < -0.3 is 24.2 Å². The Kier molecular flexibility index (Phi) is 12.0. The van der Waals surface area contributed by atoms with E-state index in [1.54, 1.807) is 24.0 Å². The quantitative estimate of drug-likeness (QED) is 0.395. The minimum Gasteiger partial charge on any atom is -0.492 e. The molecule has 2 atom stereocenters. The molecule has 0 bridgehead atoms. The van der Waals surface area contributed by atoms with Crippen molar-refractivity contribution in [2.45, 2.75) is 58.7 Å². The lowest BCUT2D eigenvalue weighted by molar-refractivity contribution is -0.149. The van der Waals surface area contributed by atoms with Gasteiger partial charge in [0.1, 0.15) is 18.5 Å². The van der Waals surface area contributed by atoms with Crippen molar-refractivity contribution in [1.82, 2.24) is 4.90 Å². The number of carbonyl (C=O) groups is 2. The highest BCUT2D eigenvalue weighted by Crippen LogP contribution is 2.15. The van der Waals surface area contributed by atoms with Crippen molar-refractivity contribution in [1.29, 1.82) is 0 Å². The Morgan fingerprint density at radius 3 is 2.29 bits per heavy atom. The van der Waals surface area contributed by atoms with Crippen LogP contribution in [-0.2, 0) is 27.1 Å². The lowest BCUT2D eigenvalue weighted by Gasteiger charge is -2.24. The minimum absolute atomic E-state index is 0.135. The van der Waals surface area contributed by atoms with E-state index in [0.29, 0.717) is 38.5 Å². The predicted octanol–water partition coefficient (Wildman–Crippen LogP) is 4.97. The summed E-state index contributed by atoms with van der Waals surface area (Å²) in [5, 5.41) is 9.24. The molecule has 1 N–H and O–H groups in total. The molecule has 2 rings (SSSR count). The van der Waals surface area contributed by atoms with Crippen molar-refractivity contribution in [3.63, 3.8) is 0 Å². The Balaban J connectivity index is 1.87. The van der Waals surface area contributed by atoms with Crippen molar-refractivity contribution >= 4 is 12.1 Å². The fourth-order valence-corrected chi connectivity index (χ4v) is 3.37. The van der Waals surface area contributed by atoms with Crippen molar-refractivity contribution in [2.75, 3.05) is 26.3 Å². The second-order valence-electron chi connectivity index (χ2n) is 8.16. The zero-order chi connectivity index (χ0) is 24.8. The summed E-state index contributed by atoms with van der Waals surface area (Å²) in [6.45, 7) is 7.32. The molecule has 0 radical (unpaired) electrons. The summed E-state index contributed by atoms with van der Waals surface area (Å²) < 4.78 is 16.6. The van der Waals surface area contributed by atoms with Crippen LogP contribution in [0.1, 0.15) is 44.7 Å². The number of carbonyl (C=O) groups excluding carboxylic acids is 1. The normalized spacial score (nSPS) is 12.6. The molecule has 0 aromatic heterocycles. The van der Waals surface area contributed by atoms with Crippen LogP contribution in [0.15, 0.2) is 54.6 Å². The molecule has 2 unspecified atom stereocenters. The average molecular weight is 472 g/mol. The van der Waals surface area contributed by atoms with Crippen LogP contribution in [0.25, 0.3) is 0 Å². The van der Waals surface area contributed by atoms with E-state index in [4.69, 9.17) is 14.2 Å². The van der Waals surface area contributed by atoms with Crippen molar-refractivity contribution < 1.29 is 28.9 Å². The van der Waals surface area contributed by atoms with Gasteiger partial charge in [-0.25, -0.2) is 9.59 Å². The van der Waals surface area contributed by atoms with Crippen LogP contribution >= 0.6 is 0 Å². The number of carboxylic acids is 1. The Morgan fingerprint density at radius 1 is 0.971 bits per heavy atom. The van der Waals surface area contributed by atoms with Gasteiger partial charge in [-0.15, -0.1) is 0 Å². The maximum absolute atomic E-state index is 12.6. The van der Waals surface area contributed by atoms with Crippen LogP contribution in [0.4, 0.5) is 4.79 Å². The zero-order valence-electron chi connectivity index (χ0n) is 20.4. The van der Waals surface area contributed by atoms with E-state index in [9.17, 15) is 14.7 Å². The summed E-state index contributed by atoms with van der Waals surface area (Å²) in [5.74, 6) is -0.314. The highest BCUT2D eigenvalue weighted by molar-refractivity contribution is 5.72. The number of hydrogen-bond donors (Lipinski definition) is 1. The second-order valence-corrected chi connectivity index (χ2v) is 8.16. The SMILES string of the molecule is CCOC(Cc1ccc(OCCN(CCCc2ccccc2)C(=O)OC(C)CC)cc1)C(=O)O. The van der Waals surface area contributed by atoms with Crippen molar-refractivity contribution in [3.05, 3.63) is 65.7 Å². The number of ether oxygens (including phenoxy) is 3. The molecular formula is C27H37NO6. The maximum atomic E-state index is 12.6. The molecule has 0 heterocycles. The number of carboxylic acid groups (broad SMARTS) is 1. The van der Waals surface area contributed by atoms with E-state index in [1.165, 1.54) is 5.56 Å². The Morgan fingerprint density at radius 2 is 1.68 bits per heavy atom. The monoisotopic (exact) mass is 471 g/mol. The molecule has 34 heavy (non-hydrogen) atoms. The van der Waals surface area contributed by atoms with Gasteiger partial charge in [0.15, 0.2) is 6.10 Å². The predicted molar refractivity (Wildman–Crippen MR) is 131 cm³/mol. The first-order valence-corrected chi connectivity index (χ1v) is 12.0. The maximum Gasteiger partial charge on any atom is 0.410 e. The van der Waals surface area contributed by atoms with Crippen LogP contribution in [0, 0.1) is 0 Å². The van der Waals surface area contributed by atoms with Crippen LogP contribution in [0.5, 0.6) is 5.75 Å². The molecule has 7 nitrogen and oxygen atoms in total. The Labute approximate surface area is 202 Å². The third-order valence-corrected chi connectivity index (χ3v) is 5.49.